The second kappa shape index (κ2) is 7.08. The van der Waals surface area contributed by atoms with Crippen molar-refractivity contribution in [2.45, 2.75) is 31.5 Å². The van der Waals surface area contributed by atoms with E-state index in [0.29, 0.717) is 6.04 Å². The molecule has 0 aromatic carbocycles. The van der Waals surface area contributed by atoms with Crippen LogP contribution >= 0.6 is 11.3 Å². The van der Waals surface area contributed by atoms with Gasteiger partial charge in [-0.2, -0.15) is 0 Å². The van der Waals surface area contributed by atoms with Crippen molar-refractivity contribution in [3.8, 4) is 0 Å². The molecular weight excluding hydrogens is 300 g/mol. The van der Waals surface area contributed by atoms with Crippen molar-refractivity contribution < 1.29 is 14.3 Å². The summed E-state index contributed by atoms with van der Waals surface area (Å²) >= 11 is 1.79. The van der Waals surface area contributed by atoms with Crippen molar-refractivity contribution in [3.05, 3.63) is 22.4 Å². The number of morpholine rings is 1. The Morgan fingerprint density at radius 1 is 1.45 bits per heavy atom. The van der Waals surface area contributed by atoms with Crippen molar-refractivity contribution in [1.82, 2.24) is 9.80 Å². The van der Waals surface area contributed by atoms with E-state index in [1.54, 1.807) is 11.3 Å². The normalized spacial score (nSPS) is 28.0. The van der Waals surface area contributed by atoms with E-state index in [4.69, 9.17) is 9.47 Å². The molecule has 2 saturated heterocycles. The van der Waals surface area contributed by atoms with Gasteiger partial charge in [0.05, 0.1) is 19.3 Å². The third-order valence-corrected chi connectivity index (χ3v) is 5.47. The number of esters is 1. The smallest absolute Gasteiger partial charge is 0.323 e. The van der Waals surface area contributed by atoms with Gasteiger partial charge in [-0.3, -0.25) is 14.6 Å². The third-order valence-electron chi connectivity index (χ3n) is 4.50. The summed E-state index contributed by atoms with van der Waals surface area (Å²) in [5.74, 6) is -0.0816. The molecule has 0 radical (unpaired) electrons. The Kier molecular flexibility index (Phi) is 5.13. The first-order valence-electron chi connectivity index (χ1n) is 7.91. The lowest BCUT2D eigenvalue weighted by Gasteiger charge is -2.37. The van der Waals surface area contributed by atoms with E-state index in [1.807, 2.05) is 14.0 Å². The SMILES string of the molecule is C[C@@H]1C[C@@H](N(C)C[C@@H](c2cccs2)N2CCOCC2)C(=O)O1. The molecule has 5 nitrogen and oxygen atoms in total. The van der Waals surface area contributed by atoms with Gasteiger partial charge in [-0.1, -0.05) is 6.07 Å². The number of rotatable bonds is 5. The van der Waals surface area contributed by atoms with Gasteiger partial charge in [0, 0.05) is 30.9 Å². The summed E-state index contributed by atoms with van der Waals surface area (Å²) < 4.78 is 10.8. The first kappa shape index (κ1) is 15.9. The Morgan fingerprint density at radius 3 is 2.82 bits per heavy atom. The highest BCUT2D eigenvalue weighted by molar-refractivity contribution is 7.10. The molecule has 0 N–H and O–H groups in total. The minimum Gasteiger partial charge on any atom is -0.461 e. The Bertz CT molecular complexity index is 488. The van der Waals surface area contributed by atoms with Gasteiger partial charge < -0.3 is 9.47 Å². The maximum atomic E-state index is 12.0. The Hall–Kier alpha value is -0.950. The number of thiophene rings is 1. The van der Waals surface area contributed by atoms with E-state index in [-0.39, 0.29) is 18.1 Å². The fraction of sp³-hybridized carbons (Fsp3) is 0.688. The predicted molar refractivity (Wildman–Crippen MR) is 86.0 cm³/mol. The predicted octanol–water partition coefficient (Wildman–Crippen LogP) is 1.76. The molecule has 0 aliphatic carbocycles. The van der Waals surface area contributed by atoms with Gasteiger partial charge in [0.15, 0.2) is 0 Å². The van der Waals surface area contributed by atoms with Gasteiger partial charge in [0.2, 0.25) is 0 Å². The van der Waals surface area contributed by atoms with E-state index in [2.05, 4.69) is 27.3 Å². The molecule has 1 aromatic rings. The molecule has 122 valence electrons. The van der Waals surface area contributed by atoms with E-state index < -0.39 is 0 Å². The van der Waals surface area contributed by atoms with Gasteiger partial charge in [-0.15, -0.1) is 11.3 Å². The lowest BCUT2D eigenvalue weighted by atomic mass is 10.1. The number of ether oxygens (including phenoxy) is 2. The minimum atomic E-state index is -0.112. The molecule has 6 heteroatoms. The zero-order valence-electron chi connectivity index (χ0n) is 13.2. The molecule has 2 aliphatic heterocycles. The highest BCUT2D eigenvalue weighted by Gasteiger charge is 2.36. The Balaban J connectivity index is 1.71. The van der Waals surface area contributed by atoms with Crippen LogP contribution in [0.5, 0.6) is 0 Å². The average molecular weight is 324 g/mol. The van der Waals surface area contributed by atoms with E-state index >= 15 is 0 Å². The minimum absolute atomic E-state index is 0.0310. The van der Waals surface area contributed by atoms with E-state index in [1.165, 1.54) is 4.88 Å². The van der Waals surface area contributed by atoms with Crippen LogP contribution in [0, 0.1) is 0 Å². The summed E-state index contributed by atoms with van der Waals surface area (Å²) in [5.41, 5.74) is 0. The lowest BCUT2D eigenvalue weighted by Crippen LogP contribution is -2.46. The number of carbonyl (C=O) groups is 1. The summed E-state index contributed by atoms with van der Waals surface area (Å²) in [6, 6.07) is 4.49. The maximum Gasteiger partial charge on any atom is 0.323 e. The first-order valence-corrected chi connectivity index (χ1v) is 8.79. The van der Waals surface area contributed by atoms with Crippen molar-refractivity contribution >= 4 is 17.3 Å². The molecule has 22 heavy (non-hydrogen) atoms. The van der Waals surface area contributed by atoms with Crippen LogP contribution in [-0.4, -0.2) is 67.8 Å². The molecule has 3 rings (SSSR count). The second-order valence-electron chi connectivity index (χ2n) is 6.12. The summed E-state index contributed by atoms with van der Waals surface area (Å²) in [5, 5.41) is 2.12. The summed E-state index contributed by atoms with van der Waals surface area (Å²) in [6.07, 6.45) is 0.818. The third kappa shape index (κ3) is 3.51. The molecule has 0 amide bonds. The van der Waals surface area contributed by atoms with Gasteiger partial charge in [-0.05, 0) is 25.4 Å². The number of hydrogen-bond acceptors (Lipinski definition) is 6. The fourth-order valence-electron chi connectivity index (χ4n) is 3.25. The van der Waals surface area contributed by atoms with Crippen LogP contribution in [0.3, 0.4) is 0 Å². The zero-order valence-corrected chi connectivity index (χ0v) is 14.1. The number of cyclic esters (lactones) is 1. The zero-order chi connectivity index (χ0) is 15.5. The molecular formula is C16H24N2O3S. The standard InChI is InChI=1S/C16H24N2O3S/c1-12-10-13(16(19)21-12)17(2)11-14(15-4-3-9-22-15)18-5-7-20-8-6-18/h3-4,9,12-14H,5-8,10-11H2,1-2H3/t12-,13-,14+/m1/s1. The molecule has 0 unspecified atom stereocenters. The Labute approximate surface area is 135 Å². The highest BCUT2D eigenvalue weighted by atomic mass is 32.1. The van der Waals surface area contributed by atoms with Crippen LogP contribution in [0.15, 0.2) is 17.5 Å². The molecule has 2 aliphatic rings. The number of nitrogens with zero attached hydrogens (tertiary/aromatic N) is 2. The van der Waals surface area contributed by atoms with Crippen molar-refractivity contribution in [3.63, 3.8) is 0 Å². The number of carbonyl (C=O) groups excluding carboxylic acids is 1. The van der Waals surface area contributed by atoms with Gasteiger partial charge in [0.25, 0.3) is 0 Å². The molecule has 0 saturated carbocycles. The van der Waals surface area contributed by atoms with Crippen LogP contribution in [-0.2, 0) is 14.3 Å². The van der Waals surface area contributed by atoms with Crippen molar-refractivity contribution in [1.29, 1.82) is 0 Å². The molecule has 3 atom stereocenters. The monoisotopic (exact) mass is 324 g/mol. The molecule has 3 heterocycles. The quantitative estimate of drug-likeness (QED) is 0.772. The van der Waals surface area contributed by atoms with Crippen LogP contribution in [0.1, 0.15) is 24.3 Å². The molecule has 1 aromatic heterocycles. The summed E-state index contributed by atoms with van der Waals surface area (Å²) in [4.78, 5) is 18.0. The van der Waals surface area contributed by atoms with Crippen molar-refractivity contribution in [2.24, 2.45) is 0 Å². The van der Waals surface area contributed by atoms with E-state index in [0.717, 1.165) is 39.3 Å². The second-order valence-corrected chi connectivity index (χ2v) is 7.10. The summed E-state index contributed by atoms with van der Waals surface area (Å²) in [6.45, 7) is 6.27. The molecule has 0 spiro atoms. The Morgan fingerprint density at radius 2 is 2.23 bits per heavy atom. The van der Waals surface area contributed by atoms with E-state index in [9.17, 15) is 4.79 Å². The highest BCUT2D eigenvalue weighted by Crippen LogP contribution is 2.29. The summed E-state index contributed by atoms with van der Waals surface area (Å²) in [7, 11) is 2.03. The fourth-order valence-corrected chi connectivity index (χ4v) is 4.10. The van der Waals surface area contributed by atoms with Gasteiger partial charge in [-0.25, -0.2) is 0 Å². The van der Waals surface area contributed by atoms with Gasteiger partial charge in [0.1, 0.15) is 12.1 Å². The number of hydrogen-bond donors (Lipinski definition) is 0. The van der Waals surface area contributed by atoms with Crippen LogP contribution < -0.4 is 0 Å². The number of likely N-dealkylation sites (N-methyl/N-ethyl adjacent to an activating group) is 1. The molecule has 2 fully saturated rings. The van der Waals surface area contributed by atoms with Crippen LogP contribution in [0.4, 0.5) is 0 Å². The largest absolute Gasteiger partial charge is 0.461 e. The van der Waals surface area contributed by atoms with Crippen LogP contribution in [0.2, 0.25) is 0 Å². The first-order chi connectivity index (χ1) is 10.6. The molecule has 0 bridgehead atoms. The lowest BCUT2D eigenvalue weighted by molar-refractivity contribution is -0.144. The topological polar surface area (TPSA) is 42.0 Å². The van der Waals surface area contributed by atoms with Crippen molar-refractivity contribution in [2.75, 3.05) is 39.9 Å². The van der Waals surface area contributed by atoms with Crippen LogP contribution in [0.25, 0.3) is 0 Å². The average Bonchev–Trinajstić information content (AvgIpc) is 3.15. The van der Waals surface area contributed by atoms with Gasteiger partial charge >= 0.3 is 5.97 Å². The maximum absolute atomic E-state index is 12.0.